The summed E-state index contributed by atoms with van der Waals surface area (Å²) in [4.78, 5) is 11.2. The third-order valence-electron chi connectivity index (χ3n) is 2.49. The van der Waals surface area contributed by atoms with E-state index in [4.69, 9.17) is 10.00 Å². The number of nitriles is 1. The lowest BCUT2D eigenvalue weighted by atomic mass is 9.94. The summed E-state index contributed by atoms with van der Waals surface area (Å²) in [6.45, 7) is 1.89. The number of nitrogens with zero attached hydrogens (tertiary/aromatic N) is 1. The Morgan fingerprint density at radius 3 is 2.53 bits per heavy atom. The largest absolute Gasteiger partial charge is 0.466 e. The summed E-state index contributed by atoms with van der Waals surface area (Å²) in [7, 11) is 0. The van der Waals surface area contributed by atoms with E-state index in [9.17, 15) is 13.6 Å². The van der Waals surface area contributed by atoms with Gasteiger partial charge in [0.25, 0.3) is 0 Å². The Morgan fingerprint density at radius 1 is 1.47 bits per heavy atom. The quantitative estimate of drug-likeness (QED) is 0.773. The second-order valence-corrected chi connectivity index (χ2v) is 4.72. The molecule has 0 aliphatic heterocycles. The van der Waals surface area contributed by atoms with Gasteiger partial charge in [0.15, 0.2) is 0 Å². The fourth-order valence-electron chi connectivity index (χ4n) is 1.66. The van der Waals surface area contributed by atoms with Crippen molar-refractivity contribution < 1.29 is 18.3 Å². The molecule has 0 N–H and O–H groups in total. The van der Waals surface area contributed by atoms with Crippen molar-refractivity contribution in [2.45, 2.75) is 25.7 Å². The predicted molar refractivity (Wildman–Crippen MR) is 68.3 cm³/mol. The van der Waals surface area contributed by atoms with Crippen LogP contribution in [0.25, 0.3) is 0 Å². The summed E-state index contributed by atoms with van der Waals surface area (Å²) in [5.41, 5.74) is -0.310. The van der Waals surface area contributed by atoms with Gasteiger partial charge in [0.2, 0.25) is 0 Å². The van der Waals surface area contributed by atoms with Gasteiger partial charge in [-0.05, 0) is 25.5 Å². The number of hydrogen-bond donors (Lipinski definition) is 0. The van der Waals surface area contributed by atoms with Crippen LogP contribution in [0.1, 0.15) is 31.2 Å². The molecule has 0 aromatic heterocycles. The number of esters is 1. The molecule has 1 aromatic carbocycles. The smallest absolute Gasteiger partial charge is 0.305 e. The van der Waals surface area contributed by atoms with Crippen molar-refractivity contribution in [3.05, 3.63) is 33.8 Å². The highest BCUT2D eigenvalue weighted by molar-refractivity contribution is 9.10. The van der Waals surface area contributed by atoms with Crippen LogP contribution in [0.5, 0.6) is 0 Å². The Labute approximate surface area is 118 Å². The number of benzene rings is 1. The van der Waals surface area contributed by atoms with Crippen molar-refractivity contribution in [1.82, 2.24) is 0 Å². The van der Waals surface area contributed by atoms with E-state index in [1.165, 1.54) is 0 Å². The number of rotatable bonds is 5. The van der Waals surface area contributed by atoms with Gasteiger partial charge in [-0.3, -0.25) is 4.79 Å². The van der Waals surface area contributed by atoms with Gasteiger partial charge in [-0.15, -0.1) is 0 Å². The molecule has 6 heteroatoms. The molecule has 0 saturated heterocycles. The lowest BCUT2D eigenvalue weighted by Crippen LogP contribution is -2.09. The Morgan fingerprint density at radius 2 is 2.05 bits per heavy atom. The van der Waals surface area contributed by atoms with E-state index in [-0.39, 0.29) is 29.5 Å². The molecule has 1 unspecified atom stereocenters. The maximum absolute atomic E-state index is 13.7. The molecular weight excluding hydrogens is 320 g/mol. The van der Waals surface area contributed by atoms with Crippen LogP contribution in [0.3, 0.4) is 0 Å². The first-order valence-electron chi connectivity index (χ1n) is 5.69. The lowest BCUT2D eigenvalue weighted by Gasteiger charge is -2.11. The zero-order valence-electron chi connectivity index (χ0n) is 10.3. The number of carbonyl (C=O) groups is 1. The van der Waals surface area contributed by atoms with E-state index in [1.54, 1.807) is 6.92 Å². The molecule has 0 bridgehead atoms. The number of ether oxygens (including phenoxy) is 1. The van der Waals surface area contributed by atoms with Crippen molar-refractivity contribution in [3.63, 3.8) is 0 Å². The van der Waals surface area contributed by atoms with Crippen LogP contribution >= 0.6 is 15.9 Å². The van der Waals surface area contributed by atoms with Crippen LogP contribution in [0, 0.1) is 23.0 Å². The Kier molecular flexibility index (Phi) is 5.90. The van der Waals surface area contributed by atoms with Gasteiger partial charge in [-0.2, -0.15) is 5.26 Å². The molecule has 0 spiro atoms. The van der Waals surface area contributed by atoms with Crippen molar-refractivity contribution >= 4 is 21.9 Å². The number of carbonyl (C=O) groups excluding carboxylic acids is 1. The molecular formula is C13H12BrF2NO2. The summed E-state index contributed by atoms with van der Waals surface area (Å²) in [5, 5.41) is 8.99. The molecule has 102 valence electrons. The zero-order valence-corrected chi connectivity index (χ0v) is 11.8. The highest BCUT2D eigenvalue weighted by atomic mass is 79.9. The molecule has 0 aliphatic carbocycles. The highest BCUT2D eigenvalue weighted by Gasteiger charge is 2.22. The zero-order chi connectivity index (χ0) is 14.4. The van der Waals surface area contributed by atoms with Crippen LogP contribution < -0.4 is 0 Å². The summed E-state index contributed by atoms with van der Waals surface area (Å²) < 4.78 is 32.3. The van der Waals surface area contributed by atoms with Gasteiger partial charge < -0.3 is 4.74 Å². The van der Waals surface area contributed by atoms with Crippen molar-refractivity contribution in [2.24, 2.45) is 0 Å². The topological polar surface area (TPSA) is 50.1 Å². The summed E-state index contributed by atoms with van der Waals surface area (Å²) in [6.07, 6.45) is -0.0359. The predicted octanol–water partition coefficient (Wildman–Crippen LogP) is 3.68. The molecule has 0 heterocycles. The molecule has 3 nitrogen and oxygen atoms in total. The lowest BCUT2D eigenvalue weighted by molar-refractivity contribution is -0.143. The maximum Gasteiger partial charge on any atom is 0.305 e. The van der Waals surface area contributed by atoms with Crippen LogP contribution in [0.2, 0.25) is 0 Å². The Bertz CT molecular complexity index is 491. The third kappa shape index (κ3) is 4.28. The first-order chi connectivity index (χ1) is 8.99. The minimum Gasteiger partial charge on any atom is -0.466 e. The molecule has 0 radical (unpaired) electrons. The van der Waals surface area contributed by atoms with Gasteiger partial charge in [-0.1, -0.05) is 15.9 Å². The molecule has 0 amide bonds. The van der Waals surface area contributed by atoms with Crippen LogP contribution in [-0.2, 0) is 9.53 Å². The van der Waals surface area contributed by atoms with E-state index in [1.807, 2.05) is 6.07 Å². The van der Waals surface area contributed by atoms with E-state index >= 15 is 0 Å². The standard InChI is InChI=1S/C13H12BrF2NO2/c1-2-19-12(18)4-3-8(7-17)13-10(15)5-9(14)6-11(13)16/h5-6,8H,2-4H2,1H3. The molecule has 0 aliphatic rings. The van der Waals surface area contributed by atoms with E-state index in [0.717, 1.165) is 12.1 Å². The van der Waals surface area contributed by atoms with Gasteiger partial charge in [0, 0.05) is 16.5 Å². The minimum absolute atomic E-state index is 0.0187. The Balaban J connectivity index is 2.87. The summed E-state index contributed by atoms with van der Waals surface area (Å²) in [6, 6.07) is 3.99. The second kappa shape index (κ2) is 7.19. The fourth-order valence-corrected chi connectivity index (χ4v) is 2.06. The summed E-state index contributed by atoms with van der Waals surface area (Å²) >= 11 is 2.96. The van der Waals surface area contributed by atoms with Gasteiger partial charge >= 0.3 is 5.97 Å². The fraction of sp³-hybridized carbons (Fsp3) is 0.385. The van der Waals surface area contributed by atoms with Crippen LogP contribution in [0.4, 0.5) is 8.78 Å². The van der Waals surface area contributed by atoms with Crippen molar-refractivity contribution in [2.75, 3.05) is 6.61 Å². The maximum atomic E-state index is 13.7. The van der Waals surface area contributed by atoms with E-state index < -0.39 is 23.5 Å². The van der Waals surface area contributed by atoms with E-state index in [2.05, 4.69) is 15.9 Å². The van der Waals surface area contributed by atoms with Crippen molar-refractivity contribution in [1.29, 1.82) is 5.26 Å². The van der Waals surface area contributed by atoms with Gasteiger partial charge in [-0.25, -0.2) is 8.78 Å². The molecule has 0 saturated carbocycles. The first kappa shape index (κ1) is 15.6. The second-order valence-electron chi connectivity index (χ2n) is 3.81. The van der Waals surface area contributed by atoms with E-state index in [0.29, 0.717) is 0 Å². The minimum atomic E-state index is -1.02. The highest BCUT2D eigenvalue weighted by Crippen LogP contribution is 2.28. The average Bonchev–Trinajstić information content (AvgIpc) is 2.32. The molecule has 0 fully saturated rings. The first-order valence-corrected chi connectivity index (χ1v) is 6.48. The summed E-state index contributed by atoms with van der Waals surface area (Å²) in [5.74, 6) is -3.11. The van der Waals surface area contributed by atoms with Gasteiger partial charge in [0.1, 0.15) is 11.6 Å². The SMILES string of the molecule is CCOC(=O)CCC(C#N)c1c(F)cc(Br)cc1F. The third-order valence-corrected chi connectivity index (χ3v) is 2.95. The monoisotopic (exact) mass is 331 g/mol. The number of halogens is 3. The van der Waals surface area contributed by atoms with Crippen LogP contribution in [-0.4, -0.2) is 12.6 Å². The van der Waals surface area contributed by atoms with Crippen LogP contribution in [0.15, 0.2) is 16.6 Å². The van der Waals surface area contributed by atoms with Crippen molar-refractivity contribution in [3.8, 4) is 6.07 Å². The van der Waals surface area contributed by atoms with Gasteiger partial charge in [0.05, 0.1) is 18.6 Å². The Hall–Kier alpha value is -1.48. The molecule has 1 atom stereocenters. The number of hydrogen-bond acceptors (Lipinski definition) is 3. The normalized spacial score (nSPS) is 11.7. The molecule has 1 aromatic rings. The molecule has 1 rings (SSSR count). The average molecular weight is 332 g/mol. The molecule has 19 heavy (non-hydrogen) atoms.